The Bertz CT molecular complexity index is 513. The molecular formula is C11H9NO2. The molecule has 2 heterocycles. The second kappa shape index (κ2) is 2.61. The van der Waals surface area contributed by atoms with Crippen LogP contribution < -0.4 is 4.74 Å². The summed E-state index contributed by atoms with van der Waals surface area (Å²) < 4.78 is 5.44. The van der Waals surface area contributed by atoms with Gasteiger partial charge in [-0.3, -0.25) is 4.79 Å². The Balaban J connectivity index is 2.40. The zero-order valence-corrected chi connectivity index (χ0v) is 7.54. The minimum atomic E-state index is 0.717. The molecule has 0 atom stereocenters. The zero-order valence-electron chi connectivity index (χ0n) is 7.54. The van der Waals surface area contributed by atoms with E-state index in [1.54, 1.807) is 6.20 Å². The first kappa shape index (κ1) is 7.62. The molecule has 0 fully saturated rings. The van der Waals surface area contributed by atoms with E-state index >= 15 is 0 Å². The number of fused-ring (bicyclic) bond motifs is 3. The van der Waals surface area contributed by atoms with E-state index in [0.29, 0.717) is 0 Å². The van der Waals surface area contributed by atoms with E-state index < -0.39 is 0 Å². The van der Waals surface area contributed by atoms with Crippen LogP contribution in [0.2, 0.25) is 0 Å². The van der Waals surface area contributed by atoms with Gasteiger partial charge >= 0.3 is 0 Å². The summed E-state index contributed by atoms with van der Waals surface area (Å²) in [4.78, 5) is 13.9. The molecule has 1 aliphatic heterocycles. The second-order valence-electron chi connectivity index (χ2n) is 3.43. The van der Waals surface area contributed by atoms with Gasteiger partial charge in [0.05, 0.1) is 12.1 Å². The first-order chi connectivity index (χ1) is 6.90. The molecule has 0 saturated heterocycles. The molecular weight excluding hydrogens is 178 g/mol. The van der Waals surface area contributed by atoms with Crippen LogP contribution in [0.1, 0.15) is 15.9 Å². The quantitative estimate of drug-likeness (QED) is 0.693. The molecule has 0 radical (unpaired) electrons. The summed E-state index contributed by atoms with van der Waals surface area (Å²) in [6, 6.07) is 3.87. The molecule has 1 aromatic carbocycles. The number of carbonyl (C=O) groups is 1. The Labute approximate surface area is 80.7 Å². The van der Waals surface area contributed by atoms with Crippen molar-refractivity contribution < 1.29 is 9.53 Å². The van der Waals surface area contributed by atoms with Crippen molar-refractivity contribution in [3.05, 3.63) is 29.5 Å². The number of ether oxygens (including phenoxy) is 1. The highest BCUT2D eigenvalue weighted by Gasteiger charge is 2.17. The average Bonchev–Trinajstić information content (AvgIpc) is 2.82. The van der Waals surface area contributed by atoms with Crippen molar-refractivity contribution in [1.29, 1.82) is 0 Å². The summed E-state index contributed by atoms with van der Waals surface area (Å²) in [7, 11) is 0. The van der Waals surface area contributed by atoms with Crippen molar-refractivity contribution >= 4 is 17.2 Å². The number of carbonyl (C=O) groups excluding carboxylic acids is 1. The summed E-state index contributed by atoms with van der Waals surface area (Å²) in [6.07, 6.45) is 3.54. The molecule has 0 unspecified atom stereocenters. The molecule has 0 spiro atoms. The molecule has 3 rings (SSSR count). The standard InChI is InChI=1S/C11H9NO2/c13-6-7-5-12-11-8(7)1-2-10-9(11)3-4-14-10/h1-2,5-6,12H,3-4H2. The van der Waals surface area contributed by atoms with Crippen LogP contribution in [0.15, 0.2) is 18.3 Å². The van der Waals surface area contributed by atoms with Crippen LogP contribution in [0.3, 0.4) is 0 Å². The summed E-state index contributed by atoms with van der Waals surface area (Å²) >= 11 is 0. The minimum absolute atomic E-state index is 0.717. The van der Waals surface area contributed by atoms with E-state index in [2.05, 4.69) is 4.98 Å². The molecule has 0 amide bonds. The van der Waals surface area contributed by atoms with Crippen molar-refractivity contribution in [2.24, 2.45) is 0 Å². The fraction of sp³-hybridized carbons (Fsp3) is 0.182. The third-order valence-electron chi connectivity index (χ3n) is 2.69. The first-order valence-corrected chi connectivity index (χ1v) is 4.61. The number of aromatic amines is 1. The number of hydrogen-bond acceptors (Lipinski definition) is 2. The topological polar surface area (TPSA) is 42.1 Å². The minimum Gasteiger partial charge on any atom is -0.493 e. The van der Waals surface area contributed by atoms with Gasteiger partial charge in [-0.05, 0) is 12.1 Å². The number of rotatable bonds is 1. The summed E-state index contributed by atoms with van der Waals surface area (Å²) in [5.41, 5.74) is 2.95. The van der Waals surface area contributed by atoms with Crippen molar-refractivity contribution in [3.8, 4) is 5.75 Å². The van der Waals surface area contributed by atoms with Gasteiger partial charge in [0.15, 0.2) is 6.29 Å². The maximum Gasteiger partial charge on any atom is 0.152 e. The molecule has 1 N–H and O–H groups in total. The Morgan fingerprint density at radius 2 is 2.36 bits per heavy atom. The molecule has 3 nitrogen and oxygen atoms in total. The van der Waals surface area contributed by atoms with E-state index in [9.17, 15) is 4.79 Å². The molecule has 1 aliphatic rings. The summed E-state index contributed by atoms with van der Waals surface area (Å²) in [5, 5.41) is 0.990. The molecule has 3 heteroatoms. The zero-order chi connectivity index (χ0) is 9.54. The van der Waals surface area contributed by atoms with Gasteiger partial charge in [-0.15, -0.1) is 0 Å². The highest BCUT2D eigenvalue weighted by atomic mass is 16.5. The molecule has 0 bridgehead atoms. The normalized spacial score (nSPS) is 14.0. The number of hydrogen-bond donors (Lipinski definition) is 1. The average molecular weight is 187 g/mol. The van der Waals surface area contributed by atoms with Crippen LogP contribution in [0.4, 0.5) is 0 Å². The number of nitrogens with one attached hydrogen (secondary N) is 1. The molecule has 0 aliphatic carbocycles. The smallest absolute Gasteiger partial charge is 0.152 e. The number of H-pyrrole nitrogens is 1. The van der Waals surface area contributed by atoms with Crippen molar-refractivity contribution in [2.45, 2.75) is 6.42 Å². The Morgan fingerprint density at radius 1 is 1.43 bits per heavy atom. The van der Waals surface area contributed by atoms with Crippen LogP contribution in [0, 0.1) is 0 Å². The van der Waals surface area contributed by atoms with Gasteiger partial charge in [-0.25, -0.2) is 0 Å². The van der Waals surface area contributed by atoms with Crippen LogP contribution in [0.25, 0.3) is 10.9 Å². The largest absolute Gasteiger partial charge is 0.493 e. The van der Waals surface area contributed by atoms with Crippen molar-refractivity contribution in [1.82, 2.24) is 4.98 Å². The molecule has 70 valence electrons. The monoisotopic (exact) mass is 187 g/mol. The third kappa shape index (κ3) is 0.839. The molecule has 1 aromatic heterocycles. The predicted molar refractivity (Wildman–Crippen MR) is 52.9 cm³/mol. The lowest BCUT2D eigenvalue weighted by Gasteiger charge is -1.99. The van der Waals surface area contributed by atoms with Gasteiger partial charge in [-0.2, -0.15) is 0 Å². The van der Waals surface area contributed by atoms with Crippen molar-refractivity contribution in [3.63, 3.8) is 0 Å². The van der Waals surface area contributed by atoms with Gasteiger partial charge in [-0.1, -0.05) is 0 Å². The van der Waals surface area contributed by atoms with E-state index in [0.717, 1.165) is 41.5 Å². The lowest BCUT2D eigenvalue weighted by molar-refractivity contribution is 0.112. The number of aldehydes is 1. The highest BCUT2D eigenvalue weighted by Crippen LogP contribution is 2.32. The first-order valence-electron chi connectivity index (χ1n) is 4.61. The van der Waals surface area contributed by atoms with Crippen LogP contribution in [-0.2, 0) is 6.42 Å². The van der Waals surface area contributed by atoms with E-state index in [1.807, 2.05) is 12.1 Å². The van der Waals surface area contributed by atoms with E-state index in [1.165, 1.54) is 5.56 Å². The molecule has 2 aromatic rings. The van der Waals surface area contributed by atoms with Crippen LogP contribution in [-0.4, -0.2) is 17.9 Å². The fourth-order valence-corrected chi connectivity index (χ4v) is 2.01. The Hall–Kier alpha value is -1.77. The lowest BCUT2D eigenvalue weighted by Crippen LogP contribution is -1.85. The van der Waals surface area contributed by atoms with Crippen LogP contribution in [0.5, 0.6) is 5.75 Å². The number of benzene rings is 1. The van der Waals surface area contributed by atoms with Gasteiger partial charge in [0, 0.05) is 29.1 Å². The van der Waals surface area contributed by atoms with Gasteiger partial charge in [0.2, 0.25) is 0 Å². The predicted octanol–water partition coefficient (Wildman–Crippen LogP) is 1.92. The summed E-state index contributed by atoms with van der Waals surface area (Å²) in [6.45, 7) is 0.740. The molecule has 14 heavy (non-hydrogen) atoms. The lowest BCUT2D eigenvalue weighted by atomic mass is 10.1. The highest BCUT2D eigenvalue weighted by molar-refractivity contribution is 5.99. The van der Waals surface area contributed by atoms with Gasteiger partial charge in [0.1, 0.15) is 5.75 Å². The van der Waals surface area contributed by atoms with E-state index in [4.69, 9.17) is 4.74 Å². The van der Waals surface area contributed by atoms with Gasteiger partial charge in [0.25, 0.3) is 0 Å². The van der Waals surface area contributed by atoms with Crippen molar-refractivity contribution in [2.75, 3.05) is 6.61 Å². The third-order valence-corrected chi connectivity index (χ3v) is 2.69. The maximum atomic E-state index is 10.7. The van der Waals surface area contributed by atoms with Gasteiger partial charge < -0.3 is 9.72 Å². The van der Waals surface area contributed by atoms with E-state index in [-0.39, 0.29) is 0 Å². The maximum absolute atomic E-state index is 10.7. The second-order valence-corrected chi connectivity index (χ2v) is 3.43. The Kier molecular flexibility index (Phi) is 1.42. The van der Waals surface area contributed by atoms with Crippen LogP contribution >= 0.6 is 0 Å². The fourth-order valence-electron chi connectivity index (χ4n) is 2.01. The number of aromatic nitrogens is 1. The molecule has 0 saturated carbocycles. The SMILES string of the molecule is O=Cc1c[nH]c2c3c(ccc12)OCC3. The Morgan fingerprint density at radius 3 is 3.21 bits per heavy atom. The summed E-state index contributed by atoms with van der Waals surface area (Å²) in [5.74, 6) is 0.941.